The molecule has 1 atom stereocenters. The predicted molar refractivity (Wildman–Crippen MR) is 57.1 cm³/mol. The van der Waals surface area contributed by atoms with E-state index in [9.17, 15) is 0 Å². The zero-order valence-electron chi connectivity index (χ0n) is 8.08. The average molecular weight is 238 g/mol. The molecule has 2 nitrogen and oxygen atoms in total. The lowest BCUT2D eigenvalue weighted by molar-refractivity contribution is 0.00227. The van der Waals surface area contributed by atoms with Crippen LogP contribution in [-0.2, 0) is 4.74 Å². The first-order chi connectivity index (χ1) is 5.34. The molecule has 3 heteroatoms. The number of unbranched alkanes of at least 4 members (excludes halogenated alkanes) is 1. The van der Waals surface area contributed by atoms with Gasteiger partial charge in [0, 0.05) is 12.6 Å². The molecule has 0 bridgehead atoms. The molecule has 1 saturated heterocycles. The van der Waals surface area contributed by atoms with E-state index >= 15 is 0 Å². The summed E-state index contributed by atoms with van der Waals surface area (Å²) in [6.07, 6.45) is 3.93. The van der Waals surface area contributed by atoms with E-state index < -0.39 is 0 Å². The van der Waals surface area contributed by atoms with Crippen LogP contribution in [0, 0.1) is 0 Å². The van der Waals surface area contributed by atoms with Crippen LogP contribution in [0.5, 0.6) is 0 Å². The topological polar surface area (TPSA) is 12.5 Å². The van der Waals surface area contributed by atoms with Crippen molar-refractivity contribution < 1.29 is 4.74 Å². The zero-order valence-corrected chi connectivity index (χ0v) is 9.80. The summed E-state index contributed by atoms with van der Waals surface area (Å²) in [5, 5.41) is 0. The van der Waals surface area contributed by atoms with Gasteiger partial charge in [0.1, 0.15) is 0 Å². The van der Waals surface area contributed by atoms with E-state index in [1.807, 2.05) is 0 Å². The maximum atomic E-state index is 5.41. The van der Waals surface area contributed by atoms with Crippen LogP contribution in [0.1, 0.15) is 26.2 Å². The Balaban J connectivity index is 0.00000121. The highest BCUT2D eigenvalue weighted by Crippen LogP contribution is 2.10. The Hall–Kier alpha value is 0.400. The molecule has 1 aliphatic rings. The summed E-state index contributed by atoms with van der Waals surface area (Å²) in [7, 11) is 2.20. The highest BCUT2D eigenvalue weighted by atomic mass is 79.9. The lowest BCUT2D eigenvalue weighted by Crippen LogP contribution is -2.42. The van der Waals surface area contributed by atoms with Crippen molar-refractivity contribution >= 4 is 17.0 Å². The van der Waals surface area contributed by atoms with Gasteiger partial charge in [0.05, 0.1) is 13.2 Å². The van der Waals surface area contributed by atoms with Crippen molar-refractivity contribution in [2.75, 3.05) is 26.8 Å². The first-order valence-electron chi connectivity index (χ1n) is 4.62. The Kier molecular flexibility index (Phi) is 7.10. The van der Waals surface area contributed by atoms with Crippen molar-refractivity contribution in [1.29, 1.82) is 0 Å². The van der Waals surface area contributed by atoms with E-state index in [1.165, 1.54) is 19.3 Å². The fourth-order valence-electron chi connectivity index (χ4n) is 1.48. The van der Waals surface area contributed by atoms with Gasteiger partial charge in [-0.3, -0.25) is 4.90 Å². The molecule has 0 radical (unpaired) electrons. The minimum atomic E-state index is 0. The molecule has 0 N–H and O–H groups in total. The van der Waals surface area contributed by atoms with Crippen LogP contribution in [0.3, 0.4) is 0 Å². The second kappa shape index (κ2) is 6.87. The van der Waals surface area contributed by atoms with E-state index in [4.69, 9.17) is 4.74 Å². The van der Waals surface area contributed by atoms with E-state index in [2.05, 4.69) is 18.9 Å². The maximum Gasteiger partial charge on any atom is 0.0622 e. The Morgan fingerprint density at radius 1 is 1.50 bits per heavy atom. The Bertz CT molecular complexity index is 111. The number of halogens is 1. The van der Waals surface area contributed by atoms with E-state index in [0.717, 1.165) is 19.8 Å². The number of ether oxygens (including phenoxy) is 1. The molecule has 1 aliphatic heterocycles. The van der Waals surface area contributed by atoms with Gasteiger partial charge in [0.15, 0.2) is 0 Å². The Morgan fingerprint density at radius 2 is 2.25 bits per heavy atom. The summed E-state index contributed by atoms with van der Waals surface area (Å²) < 4.78 is 5.41. The Morgan fingerprint density at radius 3 is 2.83 bits per heavy atom. The second-order valence-electron chi connectivity index (χ2n) is 3.35. The second-order valence-corrected chi connectivity index (χ2v) is 3.35. The van der Waals surface area contributed by atoms with E-state index in [0.29, 0.717) is 6.04 Å². The van der Waals surface area contributed by atoms with Gasteiger partial charge in [-0.25, -0.2) is 0 Å². The van der Waals surface area contributed by atoms with Crippen molar-refractivity contribution in [3.8, 4) is 0 Å². The number of hydrogen-bond acceptors (Lipinski definition) is 2. The van der Waals surface area contributed by atoms with E-state index in [-0.39, 0.29) is 17.0 Å². The maximum absolute atomic E-state index is 5.41. The van der Waals surface area contributed by atoms with Crippen LogP contribution in [0.15, 0.2) is 0 Å². The average Bonchev–Trinajstić information content (AvgIpc) is 2.03. The van der Waals surface area contributed by atoms with Crippen molar-refractivity contribution in [3.05, 3.63) is 0 Å². The third-order valence-electron chi connectivity index (χ3n) is 2.41. The van der Waals surface area contributed by atoms with Gasteiger partial charge in [-0.05, 0) is 13.5 Å². The quantitative estimate of drug-likeness (QED) is 0.746. The van der Waals surface area contributed by atoms with Gasteiger partial charge in [0.2, 0.25) is 0 Å². The highest BCUT2D eigenvalue weighted by molar-refractivity contribution is 8.93. The molecule has 1 rings (SSSR count). The highest BCUT2D eigenvalue weighted by Gasteiger charge is 2.17. The first-order valence-corrected chi connectivity index (χ1v) is 4.62. The molecule has 0 aromatic carbocycles. The summed E-state index contributed by atoms with van der Waals surface area (Å²) in [6.45, 7) is 5.20. The van der Waals surface area contributed by atoms with Crippen LogP contribution < -0.4 is 0 Å². The van der Waals surface area contributed by atoms with Gasteiger partial charge in [-0.1, -0.05) is 19.8 Å². The molecule has 1 unspecified atom stereocenters. The van der Waals surface area contributed by atoms with Gasteiger partial charge in [0.25, 0.3) is 0 Å². The largest absolute Gasteiger partial charge is 0.378 e. The van der Waals surface area contributed by atoms with Crippen LogP contribution >= 0.6 is 17.0 Å². The molecule has 0 aliphatic carbocycles. The molecule has 1 fully saturated rings. The molecule has 74 valence electrons. The molecule has 0 spiro atoms. The smallest absolute Gasteiger partial charge is 0.0622 e. The third-order valence-corrected chi connectivity index (χ3v) is 2.41. The van der Waals surface area contributed by atoms with Gasteiger partial charge < -0.3 is 4.74 Å². The zero-order chi connectivity index (χ0) is 8.10. The van der Waals surface area contributed by atoms with Crippen LogP contribution in [0.25, 0.3) is 0 Å². The number of likely N-dealkylation sites (N-methyl/N-ethyl adjacent to an activating group) is 1. The number of rotatable bonds is 3. The third kappa shape index (κ3) is 3.87. The summed E-state index contributed by atoms with van der Waals surface area (Å²) in [6, 6.07) is 0.684. The minimum absolute atomic E-state index is 0. The number of hydrogen-bond donors (Lipinski definition) is 0. The number of morpholine rings is 1. The fraction of sp³-hybridized carbons (Fsp3) is 1.00. The van der Waals surface area contributed by atoms with Crippen molar-refractivity contribution in [2.45, 2.75) is 32.2 Å². The van der Waals surface area contributed by atoms with E-state index in [1.54, 1.807) is 0 Å². The molecular formula is C9H20BrNO. The summed E-state index contributed by atoms with van der Waals surface area (Å²) >= 11 is 0. The van der Waals surface area contributed by atoms with Crippen LogP contribution in [-0.4, -0.2) is 37.7 Å². The molecule has 0 aromatic heterocycles. The van der Waals surface area contributed by atoms with Crippen LogP contribution in [0.4, 0.5) is 0 Å². The van der Waals surface area contributed by atoms with Crippen molar-refractivity contribution in [2.24, 2.45) is 0 Å². The predicted octanol–water partition coefficient (Wildman–Crippen LogP) is 2.09. The number of nitrogens with zero attached hydrogens (tertiary/aromatic N) is 1. The molecule has 1 heterocycles. The Labute approximate surface area is 86.0 Å². The molecule has 0 amide bonds. The normalized spacial score (nSPS) is 25.0. The first kappa shape index (κ1) is 12.4. The summed E-state index contributed by atoms with van der Waals surface area (Å²) in [5.41, 5.74) is 0. The minimum Gasteiger partial charge on any atom is -0.378 e. The van der Waals surface area contributed by atoms with Crippen molar-refractivity contribution in [1.82, 2.24) is 4.90 Å². The molecule has 0 aromatic rings. The monoisotopic (exact) mass is 237 g/mol. The van der Waals surface area contributed by atoms with Crippen LogP contribution in [0.2, 0.25) is 0 Å². The standard InChI is InChI=1S/C9H19NO.BrH/c1-3-4-5-9-8-11-7-6-10(9)2;/h9H,3-8H2,1-2H3;1H. The van der Waals surface area contributed by atoms with Gasteiger partial charge in [-0.2, -0.15) is 0 Å². The lowest BCUT2D eigenvalue weighted by atomic mass is 10.1. The lowest BCUT2D eigenvalue weighted by Gasteiger charge is -2.32. The molecule has 12 heavy (non-hydrogen) atoms. The molecule has 0 saturated carbocycles. The summed E-state index contributed by atoms with van der Waals surface area (Å²) in [4.78, 5) is 2.42. The van der Waals surface area contributed by atoms with Gasteiger partial charge >= 0.3 is 0 Å². The SMILES string of the molecule is Br.CCCCC1COCCN1C. The molecular weight excluding hydrogens is 218 g/mol. The summed E-state index contributed by atoms with van der Waals surface area (Å²) in [5.74, 6) is 0. The van der Waals surface area contributed by atoms with Crippen molar-refractivity contribution in [3.63, 3.8) is 0 Å². The fourth-order valence-corrected chi connectivity index (χ4v) is 1.48. The van der Waals surface area contributed by atoms with Gasteiger partial charge in [-0.15, -0.1) is 17.0 Å².